The van der Waals surface area contributed by atoms with E-state index in [0.717, 1.165) is 27.3 Å². The van der Waals surface area contributed by atoms with Gasteiger partial charge in [0.05, 0.1) is 18.0 Å². The van der Waals surface area contributed by atoms with Gasteiger partial charge in [0.1, 0.15) is 0 Å². The largest absolute Gasteiger partial charge is 0.265 e. The molecular formula is C19H18N4S. The van der Waals surface area contributed by atoms with Crippen LogP contribution in [0.3, 0.4) is 0 Å². The van der Waals surface area contributed by atoms with E-state index in [0.29, 0.717) is 6.54 Å². The number of aromatic nitrogens is 2. The molecule has 24 heavy (non-hydrogen) atoms. The summed E-state index contributed by atoms with van der Waals surface area (Å²) in [5.41, 5.74) is 4.09. The van der Waals surface area contributed by atoms with Crippen LogP contribution in [0, 0.1) is 0 Å². The van der Waals surface area contributed by atoms with Crippen molar-refractivity contribution in [1.82, 2.24) is 9.66 Å². The molecule has 2 heterocycles. The molecule has 0 atom stereocenters. The molecule has 0 aliphatic carbocycles. The van der Waals surface area contributed by atoms with Gasteiger partial charge in [-0.2, -0.15) is 5.10 Å². The Balaban J connectivity index is 2.14. The number of hydrogen-bond acceptors (Lipinski definition) is 4. The van der Waals surface area contributed by atoms with Crippen LogP contribution in [0.2, 0.25) is 0 Å². The zero-order valence-electron chi connectivity index (χ0n) is 13.5. The third-order valence-electron chi connectivity index (χ3n) is 3.46. The van der Waals surface area contributed by atoms with Crippen LogP contribution in [0.5, 0.6) is 0 Å². The van der Waals surface area contributed by atoms with Crippen LogP contribution in [0.25, 0.3) is 11.3 Å². The molecular weight excluding hydrogens is 316 g/mol. The number of thiazole rings is 1. The summed E-state index contributed by atoms with van der Waals surface area (Å²) in [6, 6.07) is 14.1. The summed E-state index contributed by atoms with van der Waals surface area (Å²) in [5.74, 6) is 0. The first-order valence-corrected chi connectivity index (χ1v) is 8.51. The fourth-order valence-corrected chi connectivity index (χ4v) is 3.10. The Kier molecular flexibility index (Phi) is 5.13. The molecule has 0 unspecified atom stereocenters. The van der Waals surface area contributed by atoms with E-state index in [9.17, 15) is 0 Å². The molecule has 0 radical (unpaired) electrons. The van der Waals surface area contributed by atoms with Crippen molar-refractivity contribution in [1.29, 1.82) is 0 Å². The van der Waals surface area contributed by atoms with Gasteiger partial charge in [-0.3, -0.25) is 9.98 Å². The SMILES string of the molecule is C=CCN=c1scc(-c2ccccc2)n1N=C(C)c1ccncc1. The topological polar surface area (TPSA) is 42.5 Å². The lowest BCUT2D eigenvalue weighted by molar-refractivity contribution is 0.834. The van der Waals surface area contributed by atoms with Gasteiger partial charge in [-0.05, 0) is 19.1 Å². The van der Waals surface area contributed by atoms with Crippen molar-refractivity contribution < 1.29 is 0 Å². The molecule has 4 nitrogen and oxygen atoms in total. The molecule has 0 N–H and O–H groups in total. The molecule has 5 heteroatoms. The highest BCUT2D eigenvalue weighted by Gasteiger charge is 2.08. The Morgan fingerprint density at radius 1 is 1.21 bits per heavy atom. The minimum atomic E-state index is 0.568. The van der Waals surface area contributed by atoms with E-state index < -0.39 is 0 Å². The highest BCUT2D eigenvalue weighted by Crippen LogP contribution is 2.20. The molecule has 0 saturated heterocycles. The van der Waals surface area contributed by atoms with E-state index in [-0.39, 0.29) is 0 Å². The van der Waals surface area contributed by atoms with Crippen molar-refractivity contribution in [3.63, 3.8) is 0 Å². The lowest BCUT2D eigenvalue weighted by Crippen LogP contribution is -2.14. The van der Waals surface area contributed by atoms with Crippen LogP contribution in [-0.2, 0) is 0 Å². The molecule has 120 valence electrons. The van der Waals surface area contributed by atoms with E-state index in [4.69, 9.17) is 5.10 Å². The maximum absolute atomic E-state index is 4.81. The van der Waals surface area contributed by atoms with Crippen LogP contribution < -0.4 is 4.80 Å². The maximum Gasteiger partial charge on any atom is 0.206 e. The van der Waals surface area contributed by atoms with Gasteiger partial charge in [0.25, 0.3) is 0 Å². The molecule has 1 aromatic carbocycles. The summed E-state index contributed by atoms with van der Waals surface area (Å²) in [4.78, 5) is 9.47. The van der Waals surface area contributed by atoms with Crippen LogP contribution in [0.4, 0.5) is 0 Å². The quantitative estimate of drug-likeness (QED) is 0.514. The average Bonchev–Trinajstić information content (AvgIpc) is 3.04. The first kappa shape index (κ1) is 16.1. The van der Waals surface area contributed by atoms with Crippen molar-refractivity contribution in [3.05, 3.63) is 83.3 Å². The van der Waals surface area contributed by atoms with E-state index in [1.54, 1.807) is 29.8 Å². The number of nitrogens with zero attached hydrogens (tertiary/aromatic N) is 4. The second-order valence-electron chi connectivity index (χ2n) is 5.13. The summed E-state index contributed by atoms with van der Waals surface area (Å²) >= 11 is 1.58. The summed E-state index contributed by atoms with van der Waals surface area (Å²) in [6.45, 7) is 6.30. The molecule has 2 aromatic heterocycles. The van der Waals surface area contributed by atoms with Gasteiger partial charge in [-0.15, -0.1) is 17.9 Å². The van der Waals surface area contributed by atoms with Gasteiger partial charge in [-0.1, -0.05) is 36.4 Å². The van der Waals surface area contributed by atoms with E-state index in [2.05, 4.69) is 34.1 Å². The number of pyridine rings is 1. The highest BCUT2D eigenvalue weighted by molar-refractivity contribution is 7.07. The lowest BCUT2D eigenvalue weighted by Gasteiger charge is -2.06. The molecule has 0 spiro atoms. The highest BCUT2D eigenvalue weighted by atomic mass is 32.1. The number of benzene rings is 1. The monoisotopic (exact) mass is 334 g/mol. The van der Waals surface area contributed by atoms with Crippen LogP contribution in [-0.4, -0.2) is 21.9 Å². The number of rotatable bonds is 5. The third-order valence-corrected chi connectivity index (χ3v) is 4.31. The normalized spacial score (nSPS) is 12.4. The summed E-state index contributed by atoms with van der Waals surface area (Å²) < 4.78 is 1.90. The van der Waals surface area contributed by atoms with Gasteiger partial charge < -0.3 is 0 Å². The molecule has 0 aliphatic rings. The number of hydrogen-bond donors (Lipinski definition) is 0. The predicted molar refractivity (Wildman–Crippen MR) is 100 cm³/mol. The smallest absolute Gasteiger partial charge is 0.206 e. The van der Waals surface area contributed by atoms with Crippen LogP contribution in [0.1, 0.15) is 12.5 Å². The van der Waals surface area contributed by atoms with Crippen molar-refractivity contribution in [2.75, 3.05) is 6.54 Å². The molecule has 3 aromatic rings. The summed E-state index contributed by atoms with van der Waals surface area (Å²) in [7, 11) is 0. The fraction of sp³-hybridized carbons (Fsp3) is 0.105. The van der Waals surface area contributed by atoms with E-state index >= 15 is 0 Å². The zero-order valence-corrected chi connectivity index (χ0v) is 14.3. The zero-order chi connectivity index (χ0) is 16.8. The second kappa shape index (κ2) is 7.66. The van der Waals surface area contributed by atoms with Crippen molar-refractivity contribution >= 4 is 17.0 Å². The van der Waals surface area contributed by atoms with Crippen LogP contribution >= 0.6 is 11.3 Å². The van der Waals surface area contributed by atoms with Crippen LogP contribution in [0.15, 0.2) is 83.0 Å². The van der Waals surface area contributed by atoms with Crippen molar-refractivity contribution in [2.24, 2.45) is 10.1 Å². The first-order chi connectivity index (χ1) is 11.8. The Hall–Kier alpha value is -2.79. The summed E-state index contributed by atoms with van der Waals surface area (Å²) in [5, 5.41) is 6.89. The standard InChI is InChI=1S/C19H18N4S/c1-3-11-21-19-23(22-15(2)16-9-12-20-13-10-16)18(14-24-19)17-7-5-4-6-8-17/h3-10,12-14H,1,11H2,2H3. The summed E-state index contributed by atoms with van der Waals surface area (Å²) in [6.07, 6.45) is 5.33. The molecule has 0 bridgehead atoms. The van der Waals surface area contributed by atoms with Crippen molar-refractivity contribution in [3.8, 4) is 11.3 Å². The first-order valence-electron chi connectivity index (χ1n) is 7.63. The van der Waals surface area contributed by atoms with Gasteiger partial charge in [-0.25, -0.2) is 4.68 Å². The Labute approximate surface area is 145 Å². The second-order valence-corrected chi connectivity index (χ2v) is 5.97. The minimum absolute atomic E-state index is 0.568. The Morgan fingerprint density at radius 3 is 2.67 bits per heavy atom. The van der Waals surface area contributed by atoms with Crippen molar-refractivity contribution in [2.45, 2.75) is 6.92 Å². The average molecular weight is 334 g/mol. The van der Waals surface area contributed by atoms with Gasteiger partial charge in [0.2, 0.25) is 4.80 Å². The Bertz CT molecular complexity index is 905. The van der Waals surface area contributed by atoms with E-state index in [1.807, 2.05) is 41.9 Å². The maximum atomic E-state index is 4.81. The molecule has 0 fully saturated rings. The minimum Gasteiger partial charge on any atom is -0.265 e. The third kappa shape index (κ3) is 3.58. The van der Waals surface area contributed by atoms with Gasteiger partial charge in [0, 0.05) is 28.9 Å². The van der Waals surface area contributed by atoms with E-state index in [1.165, 1.54) is 0 Å². The Morgan fingerprint density at radius 2 is 1.96 bits per heavy atom. The predicted octanol–water partition coefficient (Wildman–Crippen LogP) is 3.97. The van der Waals surface area contributed by atoms with Gasteiger partial charge >= 0.3 is 0 Å². The molecule has 0 amide bonds. The molecule has 0 saturated carbocycles. The molecule has 3 rings (SSSR count). The van der Waals surface area contributed by atoms with Gasteiger partial charge in [0.15, 0.2) is 0 Å². The fourth-order valence-electron chi connectivity index (χ4n) is 2.26. The lowest BCUT2D eigenvalue weighted by atomic mass is 10.2. The molecule has 0 aliphatic heterocycles.